The van der Waals surface area contributed by atoms with Crippen molar-refractivity contribution in [3.63, 3.8) is 0 Å². The average molecular weight is 519 g/mol. The van der Waals surface area contributed by atoms with E-state index in [4.69, 9.17) is 14.7 Å². The summed E-state index contributed by atoms with van der Waals surface area (Å²) in [6.07, 6.45) is 8.82. The van der Waals surface area contributed by atoms with Crippen LogP contribution in [0.3, 0.4) is 0 Å². The predicted octanol–water partition coefficient (Wildman–Crippen LogP) is 6.35. The van der Waals surface area contributed by atoms with Gasteiger partial charge in [-0.3, -0.25) is 0 Å². The number of aryl methyl sites for hydroxylation is 1. The summed E-state index contributed by atoms with van der Waals surface area (Å²) in [5.74, 6) is 2.01. The fourth-order valence-corrected chi connectivity index (χ4v) is 6.76. The van der Waals surface area contributed by atoms with Crippen molar-refractivity contribution in [3.05, 3.63) is 63.9 Å². The quantitative estimate of drug-likeness (QED) is 0.482. The van der Waals surface area contributed by atoms with Gasteiger partial charge in [0.25, 0.3) is 0 Å². The minimum absolute atomic E-state index is 0.142. The Kier molecular flexibility index (Phi) is 6.56. The van der Waals surface area contributed by atoms with E-state index in [2.05, 4.69) is 44.7 Å². The minimum Gasteiger partial charge on any atom is -0.467 e. The van der Waals surface area contributed by atoms with E-state index in [-0.39, 0.29) is 11.9 Å². The third-order valence-corrected chi connectivity index (χ3v) is 9.08. The summed E-state index contributed by atoms with van der Waals surface area (Å²) >= 11 is 0. The second kappa shape index (κ2) is 9.87. The number of fused-ring (bicyclic) bond motifs is 2. The van der Waals surface area contributed by atoms with E-state index in [1.54, 1.807) is 13.2 Å². The number of piperidine rings is 1. The zero-order chi connectivity index (χ0) is 25.7. The molecular weight excluding hydrogens is 482 g/mol. The van der Waals surface area contributed by atoms with Crippen LogP contribution >= 0.6 is 9.24 Å². The lowest BCUT2D eigenvalue weighted by Gasteiger charge is -2.38. The highest BCUT2D eigenvalue weighted by Crippen LogP contribution is 2.43. The lowest BCUT2D eigenvalue weighted by Crippen LogP contribution is -2.45. The zero-order valence-corrected chi connectivity index (χ0v) is 23.1. The summed E-state index contributed by atoms with van der Waals surface area (Å²) in [7, 11) is 4.58. The first-order valence-electron chi connectivity index (χ1n) is 13.7. The molecule has 1 saturated carbocycles. The number of ether oxygens (including phenoxy) is 1. The van der Waals surface area contributed by atoms with Crippen molar-refractivity contribution >= 4 is 37.6 Å². The number of dihydropyridines is 1. The van der Waals surface area contributed by atoms with Gasteiger partial charge in [0.1, 0.15) is 17.7 Å². The number of nitrogens with one attached hydrogen (secondary N) is 1. The zero-order valence-electron chi connectivity index (χ0n) is 22.0. The minimum atomic E-state index is -0.220. The van der Waals surface area contributed by atoms with E-state index in [0.717, 1.165) is 63.8 Å². The van der Waals surface area contributed by atoms with E-state index in [1.807, 2.05) is 13.0 Å². The Morgan fingerprint density at radius 1 is 1.19 bits per heavy atom. The Labute approximate surface area is 221 Å². The van der Waals surface area contributed by atoms with Gasteiger partial charge in [0.2, 0.25) is 0 Å². The number of halogens is 1. The molecule has 2 aromatic carbocycles. The van der Waals surface area contributed by atoms with Gasteiger partial charge in [-0.1, -0.05) is 32.4 Å². The SMILES string of the molecule is CCc1c(F)ccc2cc(C3CCC3)cc(C3=C(P)C4N=C(OC)N=C(N5CCCC(C)C5)C4=CN3)c12. The molecule has 1 N–H and O–H groups in total. The average Bonchev–Trinajstić information content (AvgIpc) is 2.87. The van der Waals surface area contributed by atoms with Crippen molar-refractivity contribution in [2.45, 2.75) is 64.3 Å². The number of methoxy groups -OCH3 is 1. The summed E-state index contributed by atoms with van der Waals surface area (Å²) in [5.41, 5.74) is 5.21. The summed E-state index contributed by atoms with van der Waals surface area (Å²) in [4.78, 5) is 12.1. The molecule has 0 radical (unpaired) electrons. The molecule has 0 amide bonds. The highest BCUT2D eigenvalue weighted by atomic mass is 31.0. The number of nitrogens with zero attached hydrogens (tertiary/aromatic N) is 3. The van der Waals surface area contributed by atoms with Gasteiger partial charge in [0, 0.05) is 35.7 Å². The Morgan fingerprint density at radius 2 is 2.03 bits per heavy atom. The summed E-state index contributed by atoms with van der Waals surface area (Å²) in [6.45, 7) is 6.30. The number of amidine groups is 2. The monoisotopic (exact) mass is 518 g/mol. The number of likely N-dealkylation sites (tertiary alicyclic amines) is 1. The van der Waals surface area contributed by atoms with Crippen LogP contribution in [0.4, 0.5) is 4.39 Å². The maximum atomic E-state index is 15.0. The first kappa shape index (κ1) is 24.6. The number of aliphatic imine (C=N–C) groups is 2. The van der Waals surface area contributed by atoms with Gasteiger partial charge >= 0.3 is 6.02 Å². The van der Waals surface area contributed by atoms with E-state index < -0.39 is 0 Å². The van der Waals surface area contributed by atoms with Crippen LogP contribution < -0.4 is 5.32 Å². The fourth-order valence-electron chi connectivity index (χ4n) is 6.26. The van der Waals surface area contributed by atoms with E-state index in [1.165, 1.54) is 31.2 Å². The van der Waals surface area contributed by atoms with E-state index in [0.29, 0.717) is 24.3 Å². The van der Waals surface area contributed by atoms with E-state index in [9.17, 15) is 0 Å². The lowest BCUT2D eigenvalue weighted by atomic mass is 9.78. The molecule has 3 atom stereocenters. The molecule has 6 rings (SSSR count). The fraction of sp³-hybridized carbons (Fsp3) is 0.467. The lowest BCUT2D eigenvalue weighted by molar-refractivity contribution is 0.271. The third kappa shape index (κ3) is 4.27. The van der Waals surface area contributed by atoms with Gasteiger partial charge in [0.15, 0.2) is 0 Å². The van der Waals surface area contributed by atoms with Crippen molar-refractivity contribution in [1.82, 2.24) is 10.2 Å². The molecular formula is C30H36FN4OP. The summed E-state index contributed by atoms with van der Waals surface area (Å²) < 4.78 is 20.6. The maximum absolute atomic E-state index is 15.0. The van der Waals surface area contributed by atoms with Crippen molar-refractivity contribution < 1.29 is 9.13 Å². The molecule has 0 spiro atoms. The first-order valence-corrected chi connectivity index (χ1v) is 14.2. The Balaban J connectivity index is 1.48. The standard InChI is InChI=1S/C30H36FN4OP/c1-4-21-24(31)11-10-19-13-20(18-8-5-9-18)14-22(25(19)21)26-28(37)27-23(15-32-26)29(34-30(33-27)36-3)35-12-6-7-17(2)16-35/h10-11,13-15,17-18,27,32H,4-9,12,16,37H2,1-3H3. The van der Waals surface area contributed by atoms with Gasteiger partial charge in [-0.2, -0.15) is 4.99 Å². The van der Waals surface area contributed by atoms with Crippen molar-refractivity contribution in [1.29, 1.82) is 0 Å². The van der Waals surface area contributed by atoms with Gasteiger partial charge in [-0.25, -0.2) is 9.38 Å². The summed E-state index contributed by atoms with van der Waals surface area (Å²) in [5, 5.41) is 6.75. The molecule has 194 valence electrons. The van der Waals surface area contributed by atoms with Crippen LogP contribution in [0.25, 0.3) is 16.5 Å². The number of hydrogen-bond acceptors (Lipinski definition) is 5. The summed E-state index contributed by atoms with van der Waals surface area (Å²) in [6, 6.07) is 8.31. The van der Waals surface area contributed by atoms with Gasteiger partial charge in [-0.05, 0) is 78.0 Å². The van der Waals surface area contributed by atoms with Crippen LogP contribution in [-0.4, -0.2) is 43.0 Å². The second-order valence-electron chi connectivity index (χ2n) is 10.9. The van der Waals surface area contributed by atoms with Crippen LogP contribution in [0.2, 0.25) is 0 Å². The van der Waals surface area contributed by atoms with Crippen LogP contribution in [0.15, 0.2) is 51.3 Å². The highest BCUT2D eigenvalue weighted by molar-refractivity contribution is 7.23. The van der Waals surface area contributed by atoms with Gasteiger partial charge in [-0.15, -0.1) is 9.24 Å². The third-order valence-electron chi connectivity index (χ3n) is 8.48. The number of benzene rings is 2. The van der Waals surface area contributed by atoms with Crippen LogP contribution in [0.1, 0.15) is 68.6 Å². The Hall–Kier alpha value is -2.72. The molecule has 2 aromatic rings. The predicted molar refractivity (Wildman–Crippen MR) is 153 cm³/mol. The molecule has 1 aliphatic carbocycles. The Morgan fingerprint density at radius 3 is 2.73 bits per heavy atom. The Bertz CT molecular complexity index is 1370. The van der Waals surface area contributed by atoms with Crippen molar-refractivity contribution in [2.75, 3.05) is 20.2 Å². The molecule has 0 aromatic heterocycles. The van der Waals surface area contributed by atoms with Crippen LogP contribution in [-0.2, 0) is 11.2 Å². The number of hydrogen-bond donors (Lipinski definition) is 1. The molecule has 0 bridgehead atoms. The highest BCUT2D eigenvalue weighted by Gasteiger charge is 2.35. The maximum Gasteiger partial charge on any atom is 0.314 e. The molecule has 3 unspecified atom stereocenters. The molecule has 7 heteroatoms. The number of rotatable bonds is 3. The molecule has 4 aliphatic rings. The van der Waals surface area contributed by atoms with Gasteiger partial charge in [0.05, 0.1) is 12.8 Å². The topological polar surface area (TPSA) is 49.2 Å². The molecule has 3 heterocycles. The van der Waals surface area contributed by atoms with Crippen LogP contribution in [0.5, 0.6) is 0 Å². The first-order chi connectivity index (χ1) is 18.0. The van der Waals surface area contributed by atoms with Crippen LogP contribution in [0, 0.1) is 11.7 Å². The molecule has 2 fully saturated rings. The van der Waals surface area contributed by atoms with E-state index >= 15 is 4.39 Å². The van der Waals surface area contributed by atoms with Crippen molar-refractivity contribution in [2.24, 2.45) is 15.9 Å². The molecule has 3 aliphatic heterocycles. The smallest absolute Gasteiger partial charge is 0.314 e. The molecule has 5 nitrogen and oxygen atoms in total. The van der Waals surface area contributed by atoms with Crippen molar-refractivity contribution in [3.8, 4) is 0 Å². The molecule has 1 saturated heterocycles. The largest absolute Gasteiger partial charge is 0.467 e. The van der Waals surface area contributed by atoms with Gasteiger partial charge < -0.3 is 15.0 Å². The molecule has 37 heavy (non-hydrogen) atoms. The normalized spacial score (nSPS) is 24.1. The second-order valence-corrected chi connectivity index (χ2v) is 11.5.